The summed E-state index contributed by atoms with van der Waals surface area (Å²) in [5.74, 6) is -0.359. The summed E-state index contributed by atoms with van der Waals surface area (Å²) >= 11 is 0. The van der Waals surface area contributed by atoms with Crippen LogP contribution in [0.4, 0.5) is 0 Å². The molecule has 0 aliphatic rings. The lowest BCUT2D eigenvalue weighted by Crippen LogP contribution is -2.34. The minimum atomic E-state index is -0.623. The minimum Gasteiger partial charge on any atom is -0.465 e. The number of aromatic nitrogens is 1. The zero-order valence-electron chi connectivity index (χ0n) is 11.5. The average Bonchev–Trinajstić information content (AvgIpc) is 2.48. The number of hydrogen-bond acceptors (Lipinski definition) is 4. The normalized spacial score (nSPS) is 11.9. The van der Waals surface area contributed by atoms with Crippen LogP contribution in [-0.2, 0) is 16.0 Å². The third kappa shape index (κ3) is 3.65. The Balaban J connectivity index is 2.12. The molecule has 2 N–H and O–H groups in total. The molecule has 2 rings (SSSR count). The van der Waals surface area contributed by atoms with E-state index in [-0.39, 0.29) is 5.97 Å². The molecule has 1 aromatic heterocycles. The van der Waals surface area contributed by atoms with Gasteiger partial charge in [0.25, 0.3) is 0 Å². The number of nitrogens with zero attached hydrogens (tertiary/aromatic N) is 1. The Morgan fingerprint density at radius 2 is 2.00 bits per heavy atom. The van der Waals surface area contributed by atoms with E-state index in [0.29, 0.717) is 13.0 Å². The van der Waals surface area contributed by atoms with Crippen LogP contribution in [0, 0.1) is 0 Å². The molecule has 0 amide bonds. The van der Waals surface area contributed by atoms with Gasteiger partial charge in [0.15, 0.2) is 0 Å². The quantitative estimate of drug-likeness (QED) is 0.846. The maximum absolute atomic E-state index is 11.5. The van der Waals surface area contributed by atoms with Gasteiger partial charge < -0.3 is 10.5 Å². The third-order valence-electron chi connectivity index (χ3n) is 2.99. The third-order valence-corrected chi connectivity index (χ3v) is 2.99. The number of carbonyl (C=O) groups is 1. The predicted octanol–water partition coefficient (Wildman–Crippen LogP) is 2.18. The van der Waals surface area contributed by atoms with Gasteiger partial charge in [0.05, 0.1) is 6.61 Å². The van der Waals surface area contributed by atoms with E-state index in [9.17, 15) is 4.79 Å². The highest BCUT2D eigenvalue weighted by Gasteiger charge is 2.15. The highest BCUT2D eigenvalue weighted by Crippen LogP contribution is 2.20. The molecule has 0 radical (unpaired) electrons. The number of nitrogens with two attached hydrogens (primary N) is 1. The summed E-state index contributed by atoms with van der Waals surface area (Å²) < 4.78 is 4.92. The van der Waals surface area contributed by atoms with Gasteiger partial charge in [-0.15, -0.1) is 0 Å². The predicted molar refractivity (Wildman–Crippen MR) is 78.0 cm³/mol. The second-order valence-electron chi connectivity index (χ2n) is 4.50. The molecular weight excluding hydrogens is 252 g/mol. The van der Waals surface area contributed by atoms with Crippen LogP contribution in [0.1, 0.15) is 12.5 Å². The van der Waals surface area contributed by atoms with E-state index >= 15 is 0 Å². The Bertz CT molecular complexity index is 570. The van der Waals surface area contributed by atoms with Crippen molar-refractivity contribution in [2.24, 2.45) is 5.73 Å². The van der Waals surface area contributed by atoms with Gasteiger partial charge in [0, 0.05) is 12.4 Å². The topological polar surface area (TPSA) is 65.2 Å². The van der Waals surface area contributed by atoms with Gasteiger partial charge in [-0.3, -0.25) is 9.78 Å². The molecule has 4 heteroatoms. The van der Waals surface area contributed by atoms with Crippen LogP contribution in [0.2, 0.25) is 0 Å². The number of rotatable bonds is 5. The van der Waals surface area contributed by atoms with Gasteiger partial charge in [0.2, 0.25) is 0 Å². The Labute approximate surface area is 118 Å². The number of ether oxygens (including phenoxy) is 1. The first-order chi connectivity index (χ1) is 9.70. The Morgan fingerprint density at radius 3 is 2.70 bits per heavy atom. The van der Waals surface area contributed by atoms with Crippen molar-refractivity contribution >= 4 is 5.97 Å². The Morgan fingerprint density at radius 1 is 1.25 bits per heavy atom. The van der Waals surface area contributed by atoms with Crippen molar-refractivity contribution in [3.05, 3.63) is 54.4 Å². The van der Waals surface area contributed by atoms with E-state index in [0.717, 1.165) is 16.7 Å². The van der Waals surface area contributed by atoms with E-state index in [1.807, 2.05) is 36.4 Å². The van der Waals surface area contributed by atoms with Gasteiger partial charge in [-0.05, 0) is 42.2 Å². The zero-order chi connectivity index (χ0) is 14.4. The molecule has 0 aliphatic heterocycles. The first-order valence-corrected chi connectivity index (χ1v) is 6.62. The number of esters is 1. The number of hydrogen-bond donors (Lipinski definition) is 1. The van der Waals surface area contributed by atoms with Gasteiger partial charge in [-0.1, -0.05) is 24.3 Å². The van der Waals surface area contributed by atoms with E-state index < -0.39 is 6.04 Å². The average molecular weight is 270 g/mol. The van der Waals surface area contributed by atoms with Crippen molar-refractivity contribution in [1.29, 1.82) is 0 Å². The van der Waals surface area contributed by atoms with Crippen molar-refractivity contribution in [3.63, 3.8) is 0 Å². The fourth-order valence-corrected chi connectivity index (χ4v) is 2.01. The summed E-state index contributed by atoms with van der Waals surface area (Å²) in [5.41, 5.74) is 9.03. The van der Waals surface area contributed by atoms with Crippen LogP contribution in [-0.4, -0.2) is 23.6 Å². The number of pyridine rings is 1. The summed E-state index contributed by atoms with van der Waals surface area (Å²) in [5, 5.41) is 0. The molecule has 1 atom stereocenters. The molecular formula is C16H18N2O2. The first kappa shape index (κ1) is 14.2. The summed E-state index contributed by atoms with van der Waals surface area (Å²) in [6.45, 7) is 2.12. The Hall–Kier alpha value is -2.20. The minimum absolute atomic E-state index is 0.351. The molecule has 4 nitrogen and oxygen atoms in total. The van der Waals surface area contributed by atoms with Crippen molar-refractivity contribution < 1.29 is 9.53 Å². The standard InChI is InChI=1S/C16H18N2O2/c1-2-20-16(19)15(17)11-12-4-3-5-14(10-12)13-6-8-18-9-7-13/h3-10,15H,2,11,17H2,1H3/t15-/m0/s1. The summed E-state index contributed by atoms with van der Waals surface area (Å²) in [4.78, 5) is 15.6. The van der Waals surface area contributed by atoms with Gasteiger partial charge in [-0.2, -0.15) is 0 Å². The maximum Gasteiger partial charge on any atom is 0.323 e. The van der Waals surface area contributed by atoms with Crippen molar-refractivity contribution in [2.75, 3.05) is 6.61 Å². The molecule has 104 valence electrons. The van der Waals surface area contributed by atoms with Crippen LogP contribution in [0.3, 0.4) is 0 Å². The monoisotopic (exact) mass is 270 g/mol. The summed E-state index contributed by atoms with van der Waals surface area (Å²) in [7, 11) is 0. The van der Waals surface area contributed by atoms with Crippen LogP contribution in [0.25, 0.3) is 11.1 Å². The van der Waals surface area contributed by atoms with Crippen LogP contribution in [0.15, 0.2) is 48.8 Å². The molecule has 2 aromatic rings. The second kappa shape index (κ2) is 6.82. The fourth-order valence-electron chi connectivity index (χ4n) is 2.01. The lowest BCUT2D eigenvalue weighted by Gasteiger charge is -2.11. The molecule has 0 aliphatic carbocycles. The van der Waals surface area contributed by atoms with Crippen molar-refractivity contribution in [3.8, 4) is 11.1 Å². The van der Waals surface area contributed by atoms with Crippen molar-refractivity contribution in [2.45, 2.75) is 19.4 Å². The molecule has 0 fully saturated rings. The largest absolute Gasteiger partial charge is 0.465 e. The lowest BCUT2D eigenvalue weighted by molar-refractivity contribution is -0.144. The maximum atomic E-state index is 11.5. The molecule has 0 saturated carbocycles. The molecule has 0 bridgehead atoms. The summed E-state index contributed by atoms with van der Waals surface area (Å²) in [6.07, 6.45) is 3.98. The van der Waals surface area contributed by atoms with Crippen LogP contribution in [0.5, 0.6) is 0 Å². The molecule has 0 spiro atoms. The first-order valence-electron chi connectivity index (χ1n) is 6.62. The van der Waals surface area contributed by atoms with Gasteiger partial charge in [0.1, 0.15) is 6.04 Å². The van der Waals surface area contributed by atoms with E-state index in [2.05, 4.69) is 4.98 Å². The fraction of sp³-hybridized carbons (Fsp3) is 0.250. The highest BCUT2D eigenvalue weighted by molar-refractivity contribution is 5.76. The molecule has 1 aromatic carbocycles. The highest BCUT2D eigenvalue weighted by atomic mass is 16.5. The van der Waals surface area contributed by atoms with Gasteiger partial charge in [-0.25, -0.2) is 0 Å². The second-order valence-corrected chi connectivity index (χ2v) is 4.50. The molecule has 1 heterocycles. The Kier molecular flexibility index (Phi) is 4.85. The van der Waals surface area contributed by atoms with Crippen LogP contribution >= 0.6 is 0 Å². The molecule has 0 saturated heterocycles. The molecule has 0 unspecified atom stereocenters. The smallest absolute Gasteiger partial charge is 0.323 e. The van der Waals surface area contributed by atoms with E-state index in [1.165, 1.54) is 0 Å². The van der Waals surface area contributed by atoms with E-state index in [4.69, 9.17) is 10.5 Å². The molecule has 20 heavy (non-hydrogen) atoms. The van der Waals surface area contributed by atoms with Crippen molar-refractivity contribution in [1.82, 2.24) is 4.98 Å². The lowest BCUT2D eigenvalue weighted by atomic mass is 10.0. The SMILES string of the molecule is CCOC(=O)[C@@H](N)Cc1cccc(-c2ccncc2)c1. The summed E-state index contributed by atoms with van der Waals surface area (Å²) in [6, 6.07) is 11.3. The zero-order valence-corrected chi connectivity index (χ0v) is 11.5. The van der Waals surface area contributed by atoms with E-state index in [1.54, 1.807) is 19.3 Å². The number of carbonyl (C=O) groups excluding carboxylic acids is 1. The van der Waals surface area contributed by atoms with Gasteiger partial charge >= 0.3 is 5.97 Å². The van der Waals surface area contributed by atoms with Crippen LogP contribution < -0.4 is 5.73 Å². The number of benzene rings is 1.